The summed E-state index contributed by atoms with van der Waals surface area (Å²) in [6.45, 7) is 2.10. The molecule has 1 atom stereocenters. The standard InChI is InChI=1S/C14H15BrFNS/c1-9-3-6-14(18-9)13(17-2)8-10-7-11(16)4-5-12(10)15/h3-7,13,17H,8H2,1-2H3. The lowest BCUT2D eigenvalue weighted by Crippen LogP contribution is -2.18. The summed E-state index contributed by atoms with van der Waals surface area (Å²) >= 11 is 5.25. The topological polar surface area (TPSA) is 12.0 Å². The molecule has 4 heteroatoms. The van der Waals surface area contributed by atoms with Gasteiger partial charge in [0.25, 0.3) is 0 Å². The molecule has 0 aliphatic heterocycles. The molecule has 1 nitrogen and oxygen atoms in total. The normalized spacial score (nSPS) is 12.7. The van der Waals surface area contributed by atoms with E-state index in [1.54, 1.807) is 23.5 Å². The molecule has 1 heterocycles. The van der Waals surface area contributed by atoms with Gasteiger partial charge in [-0.3, -0.25) is 0 Å². The van der Waals surface area contributed by atoms with Crippen molar-refractivity contribution in [3.8, 4) is 0 Å². The molecule has 1 aromatic carbocycles. The van der Waals surface area contributed by atoms with Gasteiger partial charge in [-0.05, 0) is 56.3 Å². The van der Waals surface area contributed by atoms with Crippen LogP contribution in [0.1, 0.15) is 21.4 Å². The molecule has 1 N–H and O–H groups in total. The van der Waals surface area contributed by atoms with Crippen molar-refractivity contribution in [1.29, 1.82) is 0 Å². The Balaban J connectivity index is 2.22. The van der Waals surface area contributed by atoms with Gasteiger partial charge in [-0.15, -0.1) is 11.3 Å². The Morgan fingerprint density at radius 1 is 1.33 bits per heavy atom. The Hall–Kier alpha value is -0.710. The number of benzene rings is 1. The van der Waals surface area contributed by atoms with Gasteiger partial charge >= 0.3 is 0 Å². The first kappa shape index (κ1) is 13.7. The van der Waals surface area contributed by atoms with Crippen LogP contribution in [0.5, 0.6) is 0 Å². The highest BCUT2D eigenvalue weighted by Gasteiger charge is 2.14. The fourth-order valence-electron chi connectivity index (χ4n) is 1.91. The van der Waals surface area contributed by atoms with Crippen molar-refractivity contribution in [1.82, 2.24) is 5.32 Å². The Bertz CT molecular complexity index is 538. The van der Waals surface area contributed by atoms with E-state index in [2.05, 4.69) is 40.3 Å². The fourth-order valence-corrected chi connectivity index (χ4v) is 3.30. The molecule has 0 saturated heterocycles. The van der Waals surface area contributed by atoms with Crippen molar-refractivity contribution in [3.05, 3.63) is 55.9 Å². The molecule has 0 bridgehead atoms. The summed E-state index contributed by atoms with van der Waals surface area (Å²) < 4.78 is 14.2. The molecule has 0 radical (unpaired) electrons. The van der Waals surface area contributed by atoms with Crippen molar-refractivity contribution in [2.24, 2.45) is 0 Å². The molecule has 18 heavy (non-hydrogen) atoms. The highest BCUT2D eigenvalue weighted by Crippen LogP contribution is 2.28. The summed E-state index contributed by atoms with van der Waals surface area (Å²) in [6, 6.07) is 9.30. The van der Waals surface area contributed by atoms with Crippen LogP contribution in [0, 0.1) is 12.7 Å². The minimum absolute atomic E-state index is 0.189. The van der Waals surface area contributed by atoms with E-state index in [4.69, 9.17) is 0 Å². The number of hydrogen-bond donors (Lipinski definition) is 1. The van der Waals surface area contributed by atoms with Crippen LogP contribution in [0.2, 0.25) is 0 Å². The number of halogens is 2. The van der Waals surface area contributed by atoms with Crippen molar-refractivity contribution in [3.63, 3.8) is 0 Å². The van der Waals surface area contributed by atoms with E-state index in [0.717, 1.165) is 16.5 Å². The van der Waals surface area contributed by atoms with Crippen LogP contribution in [0.4, 0.5) is 4.39 Å². The molecule has 2 aromatic rings. The Labute approximate surface area is 119 Å². The van der Waals surface area contributed by atoms with Gasteiger partial charge in [0.05, 0.1) is 0 Å². The zero-order valence-corrected chi connectivity index (χ0v) is 12.7. The maximum atomic E-state index is 13.3. The number of nitrogens with one attached hydrogen (secondary N) is 1. The van der Waals surface area contributed by atoms with Crippen LogP contribution in [0.25, 0.3) is 0 Å². The highest BCUT2D eigenvalue weighted by molar-refractivity contribution is 9.10. The Kier molecular flexibility index (Phi) is 4.54. The zero-order valence-electron chi connectivity index (χ0n) is 10.3. The molecular formula is C14H15BrFNS. The second-order valence-corrected chi connectivity index (χ2v) is 6.40. The first-order valence-corrected chi connectivity index (χ1v) is 7.38. The van der Waals surface area contributed by atoms with Crippen LogP contribution in [0.15, 0.2) is 34.8 Å². The maximum Gasteiger partial charge on any atom is 0.123 e. The molecule has 1 unspecified atom stereocenters. The molecule has 0 saturated carbocycles. The smallest absolute Gasteiger partial charge is 0.123 e. The van der Waals surface area contributed by atoms with Crippen LogP contribution in [0.3, 0.4) is 0 Å². The van der Waals surface area contributed by atoms with E-state index in [-0.39, 0.29) is 11.9 Å². The largest absolute Gasteiger partial charge is 0.312 e. The third kappa shape index (κ3) is 3.19. The third-order valence-electron chi connectivity index (χ3n) is 2.88. The Morgan fingerprint density at radius 3 is 2.72 bits per heavy atom. The van der Waals surface area contributed by atoms with Gasteiger partial charge in [-0.1, -0.05) is 15.9 Å². The van der Waals surface area contributed by atoms with Crippen molar-refractivity contribution < 1.29 is 4.39 Å². The lowest BCUT2D eigenvalue weighted by atomic mass is 10.0. The third-order valence-corrected chi connectivity index (χ3v) is 4.77. The minimum Gasteiger partial charge on any atom is -0.312 e. The number of thiophene rings is 1. The van der Waals surface area contributed by atoms with Gasteiger partial charge < -0.3 is 5.32 Å². The second-order valence-electron chi connectivity index (χ2n) is 4.23. The van der Waals surface area contributed by atoms with Crippen LogP contribution in [-0.2, 0) is 6.42 Å². The van der Waals surface area contributed by atoms with Crippen molar-refractivity contribution in [2.45, 2.75) is 19.4 Å². The van der Waals surface area contributed by atoms with E-state index < -0.39 is 0 Å². The second kappa shape index (κ2) is 5.95. The summed E-state index contributed by atoms with van der Waals surface area (Å²) in [7, 11) is 1.94. The molecule has 96 valence electrons. The van der Waals surface area contributed by atoms with E-state index in [9.17, 15) is 4.39 Å². The van der Waals surface area contributed by atoms with E-state index in [1.807, 2.05) is 7.05 Å². The monoisotopic (exact) mass is 327 g/mol. The number of aryl methyl sites for hydroxylation is 1. The highest BCUT2D eigenvalue weighted by atomic mass is 79.9. The van der Waals surface area contributed by atoms with Crippen LogP contribution < -0.4 is 5.32 Å². The fraction of sp³-hybridized carbons (Fsp3) is 0.286. The summed E-state index contributed by atoms with van der Waals surface area (Å²) in [5.74, 6) is -0.189. The number of hydrogen-bond acceptors (Lipinski definition) is 2. The first-order valence-electron chi connectivity index (χ1n) is 5.77. The molecule has 0 fully saturated rings. The molecule has 0 spiro atoms. The predicted molar refractivity (Wildman–Crippen MR) is 78.7 cm³/mol. The molecular weight excluding hydrogens is 313 g/mol. The van der Waals surface area contributed by atoms with Gasteiger partial charge in [0.15, 0.2) is 0 Å². The SMILES string of the molecule is CNC(Cc1cc(F)ccc1Br)c1ccc(C)s1. The quantitative estimate of drug-likeness (QED) is 0.874. The molecule has 2 rings (SSSR count). The molecule has 0 aliphatic rings. The predicted octanol–water partition coefficient (Wildman–Crippen LogP) is 4.46. The van der Waals surface area contributed by atoms with Gasteiger partial charge in [0.1, 0.15) is 5.82 Å². The summed E-state index contributed by atoms with van der Waals surface area (Å²) in [4.78, 5) is 2.58. The van der Waals surface area contributed by atoms with Gasteiger partial charge in [-0.2, -0.15) is 0 Å². The lowest BCUT2D eigenvalue weighted by Gasteiger charge is -2.15. The molecule has 1 aromatic heterocycles. The van der Waals surface area contributed by atoms with Gasteiger partial charge in [0, 0.05) is 20.3 Å². The average Bonchev–Trinajstić information content (AvgIpc) is 2.77. The maximum absolute atomic E-state index is 13.3. The lowest BCUT2D eigenvalue weighted by molar-refractivity contribution is 0.590. The average molecular weight is 328 g/mol. The van der Waals surface area contributed by atoms with E-state index >= 15 is 0 Å². The first-order chi connectivity index (χ1) is 8.60. The summed E-state index contributed by atoms with van der Waals surface area (Å²) in [6.07, 6.45) is 0.773. The zero-order chi connectivity index (χ0) is 13.1. The van der Waals surface area contributed by atoms with Gasteiger partial charge in [-0.25, -0.2) is 4.39 Å². The van der Waals surface area contributed by atoms with Gasteiger partial charge in [0.2, 0.25) is 0 Å². The molecule has 0 aliphatic carbocycles. The minimum atomic E-state index is -0.189. The Morgan fingerprint density at radius 2 is 2.11 bits per heavy atom. The van der Waals surface area contributed by atoms with E-state index in [0.29, 0.717) is 0 Å². The number of likely N-dealkylation sites (N-methyl/N-ethyl adjacent to an activating group) is 1. The molecule has 0 amide bonds. The van der Waals surface area contributed by atoms with Crippen LogP contribution >= 0.6 is 27.3 Å². The summed E-state index contributed by atoms with van der Waals surface area (Å²) in [5.41, 5.74) is 0.986. The van der Waals surface area contributed by atoms with Crippen LogP contribution in [-0.4, -0.2) is 7.05 Å². The number of rotatable bonds is 4. The van der Waals surface area contributed by atoms with Crippen molar-refractivity contribution in [2.75, 3.05) is 7.05 Å². The van der Waals surface area contributed by atoms with E-state index in [1.165, 1.54) is 15.8 Å². The van der Waals surface area contributed by atoms with Crippen molar-refractivity contribution >= 4 is 27.3 Å². The summed E-state index contributed by atoms with van der Waals surface area (Å²) in [5, 5.41) is 3.29.